The lowest BCUT2D eigenvalue weighted by atomic mass is 10.2. The first-order chi connectivity index (χ1) is 14.1. The quantitative estimate of drug-likeness (QED) is 0.138. The number of hydrogen-bond donors (Lipinski definition) is 0. The number of aldehydes is 1. The van der Waals surface area contributed by atoms with Gasteiger partial charge in [0, 0.05) is 7.05 Å². The number of benzene rings is 2. The zero-order chi connectivity index (χ0) is 22.5. The van der Waals surface area contributed by atoms with Crippen LogP contribution in [-0.2, 0) is 19.1 Å². The van der Waals surface area contributed by atoms with E-state index in [1.165, 1.54) is 30.8 Å². The van der Waals surface area contributed by atoms with E-state index in [0.29, 0.717) is 27.2 Å². The van der Waals surface area contributed by atoms with Crippen LogP contribution in [0.25, 0.3) is 0 Å². The predicted octanol–water partition coefficient (Wildman–Crippen LogP) is 5.29. The third kappa shape index (κ3) is 5.78. The molecule has 0 amide bonds. The van der Waals surface area contributed by atoms with E-state index in [-0.39, 0.29) is 16.4 Å². The maximum Gasteiger partial charge on any atom is 0.340 e. The number of aryl methyl sites for hydroxylation is 1. The van der Waals surface area contributed by atoms with Gasteiger partial charge < -0.3 is 9.08 Å². The second-order valence-corrected chi connectivity index (χ2v) is 9.29. The van der Waals surface area contributed by atoms with Crippen molar-refractivity contribution < 1.29 is 17.4 Å². The fraction of sp³-hybridized carbons (Fsp3) is 0.200. The van der Waals surface area contributed by atoms with Gasteiger partial charge in [-0.25, -0.2) is 0 Å². The number of allylic oxidation sites excluding steroid dienone is 1. The van der Waals surface area contributed by atoms with Crippen molar-refractivity contribution >= 4 is 62.2 Å². The highest BCUT2D eigenvalue weighted by molar-refractivity contribution is 8.13. The van der Waals surface area contributed by atoms with Crippen LogP contribution < -0.4 is 4.90 Å². The van der Waals surface area contributed by atoms with Gasteiger partial charge in [-0.15, -0.1) is 0 Å². The molecule has 0 radical (unpaired) electrons. The number of thioether (sulfide) groups is 1. The maximum atomic E-state index is 12.7. The second kappa shape index (κ2) is 10.3. The lowest BCUT2D eigenvalue weighted by molar-refractivity contribution is -0.105. The molecule has 0 heterocycles. The lowest BCUT2D eigenvalue weighted by Gasteiger charge is -2.22. The molecule has 0 bridgehead atoms. The van der Waals surface area contributed by atoms with Crippen LogP contribution in [-0.4, -0.2) is 33.2 Å². The van der Waals surface area contributed by atoms with Crippen LogP contribution in [0, 0.1) is 6.92 Å². The molecule has 0 atom stereocenters. The first kappa shape index (κ1) is 24.3. The Morgan fingerprint density at radius 3 is 2.37 bits per heavy atom. The van der Waals surface area contributed by atoms with Gasteiger partial charge in [0.1, 0.15) is 4.90 Å². The molecule has 0 aliphatic rings. The first-order valence-corrected chi connectivity index (χ1v) is 12.0. The molecule has 6 nitrogen and oxygen atoms in total. The number of carbonyl (C=O) groups is 1. The van der Waals surface area contributed by atoms with Crippen molar-refractivity contribution in [2.45, 2.75) is 18.7 Å². The molecule has 0 unspecified atom stereocenters. The summed E-state index contributed by atoms with van der Waals surface area (Å²) in [5, 5.41) is 1.02. The zero-order valence-electron chi connectivity index (χ0n) is 16.7. The summed E-state index contributed by atoms with van der Waals surface area (Å²) >= 11 is 13.6. The molecule has 0 saturated heterocycles. The number of rotatable bonds is 6. The molecular formula is C20H20Cl2N2O4S2. The summed E-state index contributed by atoms with van der Waals surface area (Å²) in [5.41, 5.74) is 1.47. The van der Waals surface area contributed by atoms with Crippen molar-refractivity contribution in [3.63, 3.8) is 0 Å². The van der Waals surface area contributed by atoms with Crippen molar-refractivity contribution in [2.75, 3.05) is 18.2 Å². The van der Waals surface area contributed by atoms with Crippen LogP contribution in [0.4, 0.5) is 5.69 Å². The van der Waals surface area contributed by atoms with Crippen LogP contribution in [0.2, 0.25) is 10.0 Å². The van der Waals surface area contributed by atoms with Gasteiger partial charge in [-0.05, 0) is 44.4 Å². The maximum absolute atomic E-state index is 12.7. The van der Waals surface area contributed by atoms with E-state index in [2.05, 4.69) is 4.99 Å². The highest BCUT2D eigenvalue weighted by atomic mass is 35.5. The minimum absolute atomic E-state index is 0.0165. The number of hydrogen-bond acceptors (Lipinski definition) is 6. The Balaban J connectivity index is 2.48. The topological polar surface area (TPSA) is 76.0 Å². The minimum Gasteiger partial charge on any atom is -0.358 e. The summed E-state index contributed by atoms with van der Waals surface area (Å²) in [5.74, 6) is -0.333. The molecule has 30 heavy (non-hydrogen) atoms. The SMILES string of the molecule is CSC(=N/C(OS(=O)(=O)c1ccc(C)cc1)=C(/C)C=O)N(C)c1cccc(Cl)c1Cl. The minimum atomic E-state index is -4.19. The van der Waals surface area contributed by atoms with Gasteiger partial charge in [-0.3, -0.25) is 4.79 Å². The molecule has 10 heteroatoms. The van der Waals surface area contributed by atoms with Gasteiger partial charge in [0.05, 0.1) is 21.3 Å². The second-order valence-electron chi connectivity index (χ2n) is 6.19. The number of halogens is 2. The third-order valence-electron chi connectivity index (χ3n) is 3.97. The Morgan fingerprint density at radius 2 is 1.80 bits per heavy atom. The molecular weight excluding hydrogens is 467 g/mol. The van der Waals surface area contributed by atoms with E-state index in [9.17, 15) is 13.2 Å². The van der Waals surface area contributed by atoms with Gasteiger partial charge in [0.25, 0.3) is 0 Å². The summed E-state index contributed by atoms with van der Waals surface area (Å²) in [6, 6.07) is 11.3. The standard InChI is InChI=1S/C20H20Cl2N2O4S2/c1-13-8-10-15(11-9-13)30(26,27)28-19(14(2)12-25)23-20(29-4)24(3)17-7-5-6-16(21)18(17)22/h5-12H,1-4H3/b19-14+,23-20?. The predicted molar refractivity (Wildman–Crippen MR) is 124 cm³/mol. The molecule has 0 saturated carbocycles. The number of anilines is 1. The normalized spacial score (nSPS) is 12.9. The van der Waals surface area contributed by atoms with E-state index in [1.807, 2.05) is 6.92 Å². The van der Waals surface area contributed by atoms with Crippen molar-refractivity contribution in [1.29, 1.82) is 0 Å². The molecule has 2 aromatic rings. The number of nitrogens with zero attached hydrogens (tertiary/aromatic N) is 2. The van der Waals surface area contributed by atoms with Gasteiger partial charge in [-0.1, -0.05) is 58.7 Å². The summed E-state index contributed by atoms with van der Waals surface area (Å²) in [4.78, 5) is 17.2. The summed E-state index contributed by atoms with van der Waals surface area (Å²) in [6.45, 7) is 3.26. The van der Waals surface area contributed by atoms with Crippen LogP contribution >= 0.6 is 35.0 Å². The molecule has 2 aromatic carbocycles. The van der Waals surface area contributed by atoms with Crippen LogP contribution in [0.15, 0.2) is 63.8 Å². The average molecular weight is 487 g/mol. The third-order valence-corrected chi connectivity index (χ3v) is 6.74. The summed E-state index contributed by atoms with van der Waals surface area (Å²) < 4.78 is 30.6. The summed E-state index contributed by atoms with van der Waals surface area (Å²) in [7, 11) is -2.50. The highest BCUT2D eigenvalue weighted by Gasteiger charge is 2.21. The lowest BCUT2D eigenvalue weighted by Crippen LogP contribution is -2.24. The zero-order valence-corrected chi connectivity index (χ0v) is 19.9. The Hall–Kier alpha value is -2.00. The molecule has 0 N–H and O–H groups in total. The van der Waals surface area contributed by atoms with Crippen molar-refractivity contribution in [3.05, 3.63) is 69.5 Å². The molecule has 0 spiro atoms. The smallest absolute Gasteiger partial charge is 0.340 e. The molecule has 160 valence electrons. The highest BCUT2D eigenvalue weighted by Crippen LogP contribution is 2.33. The Morgan fingerprint density at radius 1 is 1.17 bits per heavy atom. The van der Waals surface area contributed by atoms with E-state index in [4.69, 9.17) is 27.4 Å². The van der Waals surface area contributed by atoms with E-state index >= 15 is 0 Å². The van der Waals surface area contributed by atoms with Gasteiger partial charge in [0.15, 0.2) is 11.5 Å². The average Bonchev–Trinajstić information content (AvgIpc) is 2.72. The number of carbonyl (C=O) groups excluding carboxylic acids is 1. The van der Waals surface area contributed by atoms with Crippen molar-refractivity contribution in [1.82, 2.24) is 0 Å². The van der Waals surface area contributed by atoms with E-state index in [0.717, 1.165) is 5.56 Å². The molecule has 0 aliphatic heterocycles. The number of amidine groups is 1. The molecule has 0 aliphatic carbocycles. The fourth-order valence-electron chi connectivity index (χ4n) is 2.28. The number of aliphatic imine (C=N–C) groups is 1. The first-order valence-electron chi connectivity index (χ1n) is 8.58. The fourth-order valence-corrected chi connectivity index (χ4v) is 4.19. The Bertz CT molecular complexity index is 1100. The van der Waals surface area contributed by atoms with Gasteiger partial charge in [-0.2, -0.15) is 13.4 Å². The van der Waals surface area contributed by atoms with Crippen molar-refractivity contribution in [2.24, 2.45) is 4.99 Å². The molecule has 2 rings (SSSR count). The van der Waals surface area contributed by atoms with Crippen LogP contribution in [0.1, 0.15) is 12.5 Å². The Labute approximate surface area is 190 Å². The van der Waals surface area contributed by atoms with Gasteiger partial charge >= 0.3 is 10.1 Å². The van der Waals surface area contributed by atoms with E-state index < -0.39 is 10.1 Å². The summed E-state index contributed by atoms with van der Waals surface area (Å²) in [6.07, 6.45) is 2.23. The largest absolute Gasteiger partial charge is 0.358 e. The van der Waals surface area contributed by atoms with Crippen LogP contribution in [0.5, 0.6) is 0 Å². The van der Waals surface area contributed by atoms with Crippen molar-refractivity contribution in [3.8, 4) is 0 Å². The van der Waals surface area contributed by atoms with E-state index in [1.54, 1.807) is 48.5 Å². The van der Waals surface area contributed by atoms with Crippen LogP contribution in [0.3, 0.4) is 0 Å². The van der Waals surface area contributed by atoms with Gasteiger partial charge in [0.2, 0.25) is 5.88 Å². The molecule has 0 fully saturated rings. The Kier molecular flexibility index (Phi) is 8.37. The molecule has 0 aromatic heterocycles. The monoisotopic (exact) mass is 486 g/mol.